The summed E-state index contributed by atoms with van der Waals surface area (Å²) in [5, 5.41) is 0. The number of rotatable bonds is 10. The molecule has 176 valence electrons. The highest BCUT2D eigenvalue weighted by molar-refractivity contribution is 7.91. The van der Waals surface area contributed by atoms with Gasteiger partial charge in [0, 0.05) is 17.8 Å². The number of primary amides is 1. The summed E-state index contributed by atoms with van der Waals surface area (Å²) in [6, 6.07) is 18.9. The van der Waals surface area contributed by atoms with Gasteiger partial charge in [-0.3, -0.25) is 9.78 Å². The first-order chi connectivity index (χ1) is 15.2. The van der Waals surface area contributed by atoms with Gasteiger partial charge in [-0.25, -0.2) is 8.42 Å². The van der Waals surface area contributed by atoms with Crippen LogP contribution in [0.4, 0.5) is 0 Å². The van der Waals surface area contributed by atoms with Gasteiger partial charge in [0.05, 0.1) is 17.3 Å². The molecule has 3 aromatic rings. The lowest BCUT2D eigenvalue weighted by Gasteiger charge is -2.31. The predicted octanol–water partition coefficient (Wildman–Crippen LogP) is 4.17. The number of nitrogens with zero attached hydrogens (tertiary/aromatic N) is 1. The van der Waals surface area contributed by atoms with E-state index < -0.39 is 27.3 Å². The highest BCUT2D eigenvalue weighted by atomic mass is 35.5. The summed E-state index contributed by atoms with van der Waals surface area (Å²) < 4.78 is 37.6. The SMILES string of the molecule is CC(C)(CS(=O)(=O)c1ccc(Oc2ccccc2)cc1)C(OCc1ccncc1)C(N)=O.Cl. The van der Waals surface area contributed by atoms with Crippen LogP contribution in [0.5, 0.6) is 11.5 Å². The number of hydrogen-bond acceptors (Lipinski definition) is 6. The molecule has 1 atom stereocenters. The number of nitrogens with two attached hydrogens (primary N) is 1. The Bertz CT molecular complexity index is 1140. The van der Waals surface area contributed by atoms with Crippen molar-refractivity contribution in [3.8, 4) is 11.5 Å². The van der Waals surface area contributed by atoms with E-state index in [1.54, 1.807) is 50.5 Å². The van der Waals surface area contributed by atoms with Crippen LogP contribution in [-0.4, -0.2) is 31.2 Å². The first kappa shape index (κ1) is 26.3. The maximum atomic E-state index is 13.1. The van der Waals surface area contributed by atoms with Crippen LogP contribution in [0, 0.1) is 5.41 Å². The van der Waals surface area contributed by atoms with Crippen molar-refractivity contribution in [2.75, 3.05) is 5.75 Å². The maximum Gasteiger partial charge on any atom is 0.247 e. The van der Waals surface area contributed by atoms with Crippen molar-refractivity contribution in [2.24, 2.45) is 11.1 Å². The fourth-order valence-electron chi connectivity index (χ4n) is 3.34. The van der Waals surface area contributed by atoms with E-state index in [0.717, 1.165) is 5.56 Å². The molecular weight excluding hydrogens is 464 g/mol. The van der Waals surface area contributed by atoms with Crippen LogP contribution in [0.2, 0.25) is 0 Å². The summed E-state index contributed by atoms with van der Waals surface area (Å²) in [5.74, 6) is 0.138. The van der Waals surface area contributed by atoms with E-state index in [-0.39, 0.29) is 29.7 Å². The predicted molar refractivity (Wildman–Crippen MR) is 128 cm³/mol. The van der Waals surface area contributed by atoms with Gasteiger partial charge >= 0.3 is 0 Å². The smallest absolute Gasteiger partial charge is 0.247 e. The molecule has 0 aliphatic rings. The fraction of sp³-hybridized carbons (Fsp3) is 0.250. The fourth-order valence-corrected chi connectivity index (χ4v) is 5.19. The lowest BCUT2D eigenvalue weighted by molar-refractivity contribution is -0.137. The summed E-state index contributed by atoms with van der Waals surface area (Å²) in [5.41, 5.74) is 5.30. The minimum atomic E-state index is -3.72. The Morgan fingerprint density at radius 2 is 1.55 bits per heavy atom. The number of ether oxygens (including phenoxy) is 2. The van der Waals surface area contributed by atoms with Crippen LogP contribution in [0.3, 0.4) is 0 Å². The summed E-state index contributed by atoms with van der Waals surface area (Å²) >= 11 is 0. The van der Waals surface area contributed by atoms with E-state index in [1.807, 2.05) is 30.3 Å². The molecule has 0 aliphatic heterocycles. The molecule has 1 unspecified atom stereocenters. The van der Waals surface area contributed by atoms with Gasteiger partial charge < -0.3 is 15.2 Å². The van der Waals surface area contributed by atoms with Crippen molar-refractivity contribution in [1.82, 2.24) is 4.98 Å². The molecule has 0 radical (unpaired) electrons. The number of hydrogen-bond donors (Lipinski definition) is 1. The Labute approximate surface area is 200 Å². The number of carbonyl (C=O) groups excluding carboxylic acids is 1. The average molecular weight is 491 g/mol. The largest absolute Gasteiger partial charge is 0.457 e. The summed E-state index contributed by atoms with van der Waals surface area (Å²) in [7, 11) is -3.72. The standard InChI is InChI=1S/C24H26N2O5S.ClH/c1-24(2,22(23(25)27)30-16-18-12-14-26-15-13-18)17-32(28,29)21-10-8-20(9-11-21)31-19-6-4-3-5-7-19;/h3-15,22H,16-17H2,1-2H3,(H2,25,27);1H. The van der Waals surface area contributed by atoms with Gasteiger partial charge in [-0.1, -0.05) is 32.0 Å². The maximum absolute atomic E-state index is 13.1. The average Bonchev–Trinajstić information content (AvgIpc) is 2.74. The Morgan fingerprint density at radius 3 is 2.12 bits per heavy atom. The van der Waals surface area contributed by atoms with E-state index in [0.29, 0.717) is 11.5 Å². The third kappa shape index (κ3) is 7.28. The number of amides is 1. The topological polar surface area (TPSA) is 109 Å². The monoisotopic (exact) mass is 490 g/mol. The molecule has 3 rings (SSSR count). The van der Waals surface area contributed by atoms with Gasteiger partial charge in [-0.05, 0) is 54.1 Å². The van der Waals surface area contributed by atoms with E-state index in [4.69, 9.17) is 15.2 Å². The quantitative estimate of drug-likeness (QED) is 0.457. The molecular formula is C24H27ClN2O5S. The summed E-state index contributed by atoms with van der Waals surface area (Å²) in [4.78, 5) is 16.1. The molecule has 2 N–H and O–H groups in total. The third-order valence-electron chi connectivity index (χ3n) is 4.86. The zero-order valence-electron chi connectivity index (χ0n) is 18.4. The number of pyridine rings is 1. The Hall–Kier alpha value is -2.94. The molecule has 0 aliphatic carbocycles. The number of halogens is 1. The Morgan fingerprint density at radius 1 is 0.970 bits per heavy atom. The normalized spacial score (nSPS) is 12.4. The molecule has 0 spiro atoms. The van der Waals surface area contributed by atoms with Crippen molar-refractivity contribution in [1.29, 1.82) is 0 Å². The zero-order valence-corrected chi connectivity index (χ0v) is 20.0. The molecule has 7 nitrogen and oxygen atoms in total. The lowest BCUT2D eigenvalue weighted by atomic mass is 9.88. The van der Waals surface area contributed by atoms with Gasteiger partial charge in [0.1, 0.15) is 17.6 Å². The minimum absolute atomic E-state index is 0. The number of sulfone groups is 1. The molecule has 1 aromatic heterocycles. The first-order valence-electron chi connectivity index (χ1n) is 10.0. The molecule has 2 aromatic carbocycles. The molecule has 9 heteroatoms. The first-order valence-corrected chi connectivity index (χ1v) is 11.7. The van der Waals surface area contributed by atoms with E-state index in [9.17, 15) is 13.2 Å². The minimum Gasteiger partial charge on any atom is -0.457 e. The number of aromatic nitrogens is 1. The van der Waals surface area contributed by atoms with E-state index in [2.05, 4.69) is 4.98 Å². The highest BCUT2D eigenvalue weighted by Gasteiger charge is 2.39. The number of carbonyl (C=O) groups is 1. The van der Waals surface area contributed by atoms with Gasteiger partial charge in [0.15, 0.2) is 9.84 Å². The van der Waals surface area contributed by atoms with Gasteiger partial charge in [-0.2, -0.15) is 0 Å². The molecule has 0 fully saturated rings. The van der Waals surface area contributed by atoms with Crippen LogP contribution in [-0.2, 0) is 26.0 Å². The van der Waals surface area contributed by atoms with Crippen molar-refractivity contribution < 1.29 is 22.7 Å². The van der Waals surface area contributed by atoms with E-state index >= 15 is 0 Å². The zero-order chi connectivity index (χ0) is 23.2. The molecule has 1 heterocycles. The Kier molecular flexibility index (Phi) is 8.99. The number of para-hydroxylation sites is 1. The molecule has 0 bridgehead atoms. The molecule has 1 amide bonds. The number of benzene rings is 2. The Balaban J connectivity index is 0.00000385. The lowest BCUT2D eigenvalue weighted by Crippen LogP contribution is -2.46. The van der Waals surface area contributed by atoms with Crippen LogP contribution in [0.25, 0.3) is 0 Å². The van der Waals surface area contributed by atoms with Crippen LogP contribution in [0.1, 0.15) is 19.4 Å². The molecule has 0 saturated carbocycles. The van der Waals surface area contributed by atoms with Crippen molar-refractivity contribution in [3.63, 3.8) is 0 Å². The van der Waals surface area contributed by atoms with Gasteiger partial charge in [0.25, 0.3) is 0 Å². The van der Waals surface area contributed by atoms with Crippen LogP contribution in [0.15, 0.2) is 84.0 Å². The van der Waals surface area contributed by atoms with Gasteiger partial charge in [0.2, 0.25) is 5.91 Å². The molecule has 33 heavy (non-hydrogen) atoms. The van der Waals surface area contributed by atoms with Crippen LogP contribution >= 0.6 is 12.4 Å². The van der Waals surface area contributed by atoms with Crippen molar-refractivity contribution in [3.05, 3.63) is 84.7 Å². The summed E-state index contributed by atoms with van der Waals surface area (Å²) in [6.07, 6.45) is 2.13. The van der Waals surface area contributed by atoms with Crippen molar-refractivity contribution in [2.45, 2.75) is 31.5 Å². The second-order valence-electron chi connectivity index (χ2n) is 8.08. The van der Waals surface area contributed by atoms with Gasteiger partial charge in [-0.15, -0.1) is 12.4 Å². The highest BCUT2D eigenvalue weighted by Crippen LogP contribution is 2.30. The second kappa shape index (κ2) is 11.3. The third-order valence-corrected chi connectivity index (χ3v) is 6.97. The summed E-state index contributed by atoms with van der Waals surface area (Å²) in [6.45, 7) is 3.42. The van der Waals surface area contributed by atoms with Crippen molar-refractivity contribution >= 4 is 28.2 Å². The molecule has 0 saturated heterocycles. The van der Waals surface area contributed by atoms with Crippen LogP contribution < -0.4 is 10.5 Å². The second-order valence-corrected chi connectivity index (χ2v) is 10.1. The van der Waals surface area contributed by atoms with E-state index in [1.165, 1.54) is 12.1 Å².